The van der Waals surface area contributed by atoms with Crippen LogP contribution in [-0.2, 0) is 19.4 Å². The van der Waals surface area contributed by atoms with E-state index in [2.05, 4.69) is 0 Å². The first kappa shape index (κ1) is 14.7. The van der Waals surface area contributed by atoms with E-state index in [0.717, 1.165) is 12.8 Å². The Bertz CT molecular complexity index is 435. The van der Waals surface area contributed by atoms with Crippen LogP contribution in [0.3, 0.4) is 0 Å². The molecule has 2 rings (SSSR count). The summed E-state index contributed by atoms with van der Waals surface area (Å²) in [6.45, 7) is 2.70. The topological polar surface area (TPSA) is 83.9 Å². The molecule has 0 radical (unpaired) electrons. The quantitative estimate of drug-likeness (QED) is 0.710. The average Bonchev–Trinajstić information content (AvgIpc) is 2.63. The van der Waals surface area contributed by atoms with Crippen molar-refractivity contribution in [3.8, 4) is 0 Å². The molecule has 0 spiro atoms. The Morgan fingerprint density at radius 1 is 1.37 bits per heavy atom. The molecule has 19 heavy (non-hydrogen) atoms. The molecule has 3 unspecified atom stereocenters. The number of carbonyl (C=O) groups is 1. The van der Waals surface area contributed by atoms with Gasteiger partial charge in [-0.25, -0.2) is 8.42 Å². The fraction of sp³-hybridized carbons (Fsp3) is 0.917. The molecule has 0 bridgehead atoms. The number of hydrogen-bond donors (Lipinski definition) is 1. The van der Waals surface area contributed by atoms with Crippen LogP contribution in [0.15, 0.2) is 0 Å². The van der Waals surface area contributed by atoms with Gasteiger partial charge in [-0.2, -0.15) is 0 Å². The predicted octanol–water partition coefficient (Wildman–Crippen LogP) is -0.438. The first-order valence-electron chi connectivity index (χ1n) is 6.75. The van der Waals surface area contributed by atoms with Crippen molar-refractivity contribution in [2.45, 2.75) is 44.4 Å². The Morgan fingerprint density at radius 2 is 2.11 bits per heavy atom. The van der Waals surface area contributed by atoms with Gasteiger partial charge in [-0.15, -0.1) is 0 Å². The number of aliphatic hydroxyl groups excluding tert-OH is 1. The van der Waals surface area contributed by atoms with Gasteiger partial charge in [-0.1, -0.05) is 6.42 Å². The molecule has 3 atom stereocenters. The fourth-order valence-electron chi connectivity index (χ4n) is 2.97. The van der Waals surface area contributed by atoms with Gasteiger partial charge in [0.1, 0.15) is 6.04 Å². The van der Waals surface area contributed by atoms with E-state index in [9.17, 15) is 18.3 Å². The van der Waals surface area contributed by atoms with Crippen molar-refractivity contribution < 1.29 is 23.1 Å². The van der Waals surface area contributed by atoms with Crippen LogP contribution in [0, 0.1) is 0 Å². The highest BCUT2D eigenvalue weighted by Gasteiger charge is 2.44. The molecule has 7 heteroatoms. The lowest BCUT2D eigenvalue weighted by Crippen LogP contribution is -2.54. The minimum Gasteiger partial charge on any atom is -0.465 e. The number of piperidine rings is 1. The third-order valence-corrected chi connectivity index (χ3v) is 5.52. The van der Waals surface area contributed by atoms with E-state index >= 15 is 0 Å². The Labute approximate surface area is 113 Å². The van der Waals surface area contributed by atoms with E-state index in [1.807, 2.05) is 4.90 Å². The van der Waals surface area contributed by atoms with Crippen LogP contribution in [0.5, 0.6) is 0 Å². The third-order valence-electron chi connectivity index (χ3n) is 3.82. The van der Waals surface area contributed by atoms with Crippen LogP contribution in [0.25, 0.3) is 0 Å². The summed E-state index contributed by atoms with van der Waals surface area (Å²) >= 11 is 0. The lowest BCUT2D eigenvalue weighted by molar-refractivity contribution is -0.152. The molecule has 2 saturated heterocycles. The van der Waals surface area contributed by atoms with E-state index in [0.29, 0.717) is 19.6 Å². The summed E-state index contributed by atoms with van der Waals surface area (Å²) in [4.78, 5) is 13.8. The second-order valence-corrected chi connectivity index (χ2v) is 7.37. The number of sulfone groups is 1. The fourth-order valence-corrected chi connectivity index (χ4v) is 4.78. The largest absolute Gasteiger partial charge is 0.465 e. The van der Waals surface area contributed by atoms with Crippen molar-refractivity contribution in [2.24, 2.45) is 0 Å². The van der Waals surface area contributed by atoms with Crippen LogP contribution < -0.4 is 0 Å². The second kappa shape index (κ2) is 5.76. The number of rotatable bonds is 3. The number of hydrogen-bond acceptors (Lipinski definition) is 6. The Kier molecular flexibility index (Phi) is 4.47. The van der Waals surface area contributed by atoms with Gasteiger partial charge in [-0.3, -0.25) is 9.69 Å². The predicted molar refractivity (Wildman–Crippen MR) is 69.4 cm³/mol. The Hall–Kier alpha value is -0.660. The molecule has 2 heterocycles. The van der Waals surface area contributed by atoms with Crippen LogP contribution in [0.1, 0.15) is 26.2 Å². The maximum atomic E-state index is 11.9. The van der Waals surface area contributed by atoms with E-state index in [1.54, 1.807) is 6.92 Å². The van der Waals surface area contributed by atoms with Crippen molar-refractivity contribution in [2.75, 3.05) is 24.7 Å². The third kappa shape index (κ3) is 3.27. The molecule has 0 aromatic heterocycles. The van der Waals surface area contributed by atoms with E-state index in [-0.39, 0.29) is 17.5 Å². The molecule has 6 nitrogen and oxygen atoms in total. The number of esters is 1. The van der Waals surface area contributed by atoms with Gasteiger partial charge in [0.05, 0.1) is 30.3 Å². The summed E-state index contributed by atoms with van der Waals surface area (Å²) < 4.78 is 28.2. The molecule has 2 fully saturated rings. The molecular formula is C12H21NO5S. The zero-order chi connectivity index (χ0) is 14.0. The summed E-state index contributed by atoms with van der Waals surface area (Å²) in [5.74, 6) is -0.577. The smallest absolute Gasteiger partial charge is 0.323 e. The SMILES string of the molecule is CCOC(=O)C1CCCCN1C1CS(=O)(=O)CC1O. The molecule has 1 N–H and O–H groups in total. The minimum absolute atomic E-state index is 0.0654. The van der Waals surface area contributed by atoms with Crippen LogP contribution >= 0.6 is 0 Å². The monoisotopic (exact) mass is 291 g/mol. The standard InChI is InChI=1S/C12H21NO5S/c1-2-18-12(15)9-5-3-4-6-13(9)10-7-19(16,17)8-11(10)14/h9-11,14H,2-8H2,1H3. The molecule has 0 saturated carbocycles. The molecule has 0 aromatic rings. The molecule has 2 aliphatic heterocycles. The molecule has 0 amide bonds. The number of nitrogens with zero attached hydrogens (tertiary/aromatic N) is 1. The lowest BCUT2D eigenvalue weighted by Gasteiger charge is -2.38. The number of aliphatic hydroxyl groups is 1. The summed E-state index contributed by atoms with van der Waals surface area (Å²) in [7, 11) is -3.20. The maximum Gasteiger partial charge on any atom is 0.323 e. The van der Waals surface area contributed by atoms with Gasteiger partial charge in [0.2, 0.25) is 0 Å². The Balaban J connectivity index is 2.13. The van der Waals surface area contributed by atoms with Gasteiger partial charge in [-0.05, 0) is 26.3 Å². The lowest BCUT2D eigenvalue weighted by atomic mass is 9.98. The summed E-state index contributed by atoms with van der Waals surface area (Å²) in [6.07, 6.45) is 1.61. The molecule has 0 aromatic carbocycles. The summed E-state index contributed by atoms with van der Waals surface area (Å²) in [6, 6.07) is -0.888. The zero-order valence-corrected chi connectivity index (χ0v) is 11.9. The van der Waals surface area contributed by atoms with Crippen molar-refractivity contribution in [3.63, 3.8) is 0 Å². The van der Waals surface area contributed by atoms with Crippen LogP contribution in [-0.4, -0.2) is 67.2 Å². The number of likely N-dealkylation sites (tertiary alicyclic amines) is 1. The second-order valence-electron chi connectivity index (χ2n) is 5.21. The van der Waals surface area contributed by atoms with Gasteiger partial charge in [0.25, 0.3) is 0 Å². The Morgan fingerprint density at radius 3 is 2.68 bits per heavy atom. The maximum absolute atomic E-state index is 11.9. The zero-order valence-electron chi connectivity index (χ0n) is 11.1. The van der Waals surface area contributed by atoms with Gasteiger partial charge in [0.15, 0.2) is 9.84 Å². The van der Waals surface area contributed by atoms with E-state index in [4.69, 9.17) is 4.74 Å². The van der Waals surface area contributed by atoms with Crippen LogP contribution in [0.4, 0.5) is 0 Å². The first-order chi connectivity index (χ1) is 8.94. The van der Waals surface area contributed by atoms with Gasteiger partial charge >= 0.3 is 5.97 Å². The van der Waals surface area contributed by atoms with E-state index in [1.165, 1.54) is 0 Å². The highest BCUT2D eigenvalue weighted by atomic mass is 32.2. The highest BCUT2D eigenvalue weighted by Crippen LogP contribution is 2.26. The normalized spacial score (nSPS) is 35.2. The first-order valence-corrected chi connectivity index (χ1v) is 8.57. The average molecular weight is 291 g/mol. The summed E-state index contributed by atoms with van der Waals surface area (Å²) in [5, 5.41) is 9.93. The van der Waals surface area contributed by atoms with Crippen molar-refractivity contribution in [1.82, 2.24) is 4.90 Å². The minimum atomic E-state index is -3.20. The van der Waals surface area contributed by atoms with E-state index < -0.39 is 28.0 Å². The van der Waals surface area contributed by atoms with Gasteiger partial charge in [0, 0.05) is 0 Å². The van der Waals surface area contributed by atoms with Gasteiger partial charge < -0.3 is 9.84 Å². The molecule has 110 valence electrons. The van der Waals surface area contributed by atoms with Crippen molar-refractivity contribution in [3.05, 3.63) is 0 Å². The molecular weight excluding hydrogens is 270 g/mol. The van der Waals surface area contributed by atoms with Crippen molar-refractivity contribution in [1.29, 1.82) is 0 Å². The molecule has 0 aliphatic carbocycles. The number of ether oxygens (including phenoxy) is 1. The highest BCUT2D eigenvalue weighted by molar-refractivity contribution is 7.91. The molecule has 2 aliphatic rings. The summed E-state index contributed by atoms with van der Waals surface area (Å²) in [5.41, 5.74) is 0. The van der Waals surface area contributed by atoms with Crippen LogP contribution in [0.2, 0.25) is 0 Å². The number of carbonyl (C=O) groups excluding carboxylic acids is 1. The van der Waals surface area contributed by atoms with Crippen molar-refractivity contribution >= 4 is 15.8 Å².